The Balaban J connectivity index is 1.94. The number of aromatic amines is 1. The number of alkyl halides is 3. The first kappa shape index (κ1) is 19.4. The van der Waals surface area contributed by atoms with Gasteiger partial charge in [0.2, 0.25) is 0 Å². The molecule has 5 nitrogen and oxygen atoms in total. The van der Waals surface area contributed by atoms with Crippen LogP contribution in [0.15, 0.2) is 35.2 Å². The molecule has 0 spiro atoms. The number of sulfonamides is 1. The second-order valence-electron chi connectivity index (χ2n) is 6.18. The lowest BCUT2D eigenvalue weighted by atomic mass is 10.1. The summed E-state index contributed by atoms with van der Waals surface area (Å²) in [6, 6.07) is 7.52. The van der Waals surface area contributed by atoms with Gasteiger partial charge in [0.05, 0.1) is 4.88 Å². The summed E-state index contributed by atoms with van der Waals surface area (Å²) in [5.41, 5.74) is 1.31. The van der Waals surface area contributed by atoms with Crippen molar-refractivity contribution in [2.45, 2.75) is 31.8 Å². The third kappa shape index (κ3) is 4.16. The summed E-state index contributed by atoms with van der Waals surface area (Å²) in [6.45, 7) is 5.31. The van der Waals surface area contributed by atoms with E-state index in [1.54, 1.807) is 19.1 Å². The number of anilines is 1. The predicted molar refractivity (Wildman–Crippen MR) is 98.4 cm³/mol. The number of rotatable bonds is 4. The molecule has 144 valence electrons. The van der Waals surface area contributed by atoms with Crippen molar-refractivity contribution in [3.05, 3.63) is 52.0 Å². The van der Waals surface area contributed by atoms with E-state index in [0.29, 0.717) is 15.4 Å². The summed E-state index contributed by atoms with van der Waals surface area (Å²) in [5.74, 6) is 0. The van der Waals surface area contributed by atoms with Gasteiger partial charge < -0.3 is 0 Å². The SMILES string of the molecule is Cc1cc(C)cc(NS(=O)(=O)c2cc(-c3cc(C(F)(F)F)[nH]n3)sc2C)c1. The molecule has 0 aliphatic carbocycles. The number of hydrogen-bond acceptors (Lipinski definition) is 4. The fraction of sp³-hybridized carbons (Fsp3) is 0.235. The number of benzene rings is 1. The van der Waals surface area contributed by atoms with Crippen LogP contribution in [-0.2, 0) is 16.2 Å². The van der Waals surface area contributed by atoms with Crippen LogP contribution < -0.4 is 4.72 Å². The Morgan fingerprint density at radius 3 is 2.22 bits per heavy atom. The van der Waals surface area contributed by atoms with Crippen molar-refractivity contribution in [3.8, 4) is 10.6 Å². The van der Waals surface area contributed by atoms with Gasteiger partial charge in [-0.2, -0.15) is 18.3 Å². The Hall–Kier alpha value is -2.33. The molecule has 2 heterocycles. The van der Waals surface area contributed by atoms with Gasteiger partial charge in [-0.25, -0.2) is 8.42 Å². The summed E-state index contributed by atoms with van der Waals surface area (Å²) >= 11 is 1.07. The Morgan fingerprint density at radius 2 is 1.67 bits per heavy atom. The molecule has 0 aliphatic heterocycles. The average molecular weight is 415 g/mol. The molecule has 0 saturated heterocycles. The topological polar surface area (TPSA) is 74.8 Å². The highest BCUT2D eigenvalue weighted by atomic mass is 32.2. The molecule has 3 aromatic rings. The molecule has 0 aliphatic rings. The van der Waals surface area contributed by atoms with Crippen LogP contribution in [0.2, 0.25) is 0 Å². The van der Waals surface area contributed by atoms with Gasteiger partial charge in [0, 0.05) is 10.6 Å². The number of nitrogens with zero attached hydrogens (tertiary/aromatic N) is 1. The third-order valence-electron chi connectivity index (χ3n) is 3.77. The molecule has 10 heteroatoms. The molecule has 1 aromatic carbocycles. The number of hydrogen-bond donors (Lipinski definition) is 2. The third-order valence-corrected chi connectivity index (χ3v) is 6.48. The second-order valence-corrected chi connectivity index (χ2v) is 9.08. The van der Waals surface area contributed by atoms with Crippen molar-refractivity contribution in [1.29, 1.82) is 0 Å². The number of aryl methyl sites for hydroxylation is 3. The summed E-state index contributed by atoms with van der Waals surface area (Å²) in [4.78, 5) is 0.802. The van der Waals surface area contributed by atoms with E-state index < -0.39 is 21.9 Å². The standard InChI is InChI=1S/C17H16F3N3O2S2/c1-9-4-10(2)6-12(5-9)23-27(24,25)15-8-14(26-11(15)3)13-7-16(22-21-13)17(18,19)20/h4-8,23H,1-3H3,(H,21,22). The van der Waals surface area contributed by atoms with E-state index in [2.05, 4.69) is 9.82 Å². The largest absolute Gasteiger partial charge is 0.432 e. The minimum atomic E-state index is -4.54. The Bertz CT molecular complexity index is 1080. The lowest BCUT2D eigenvalue weighted by Gasteiger charge is -2.09. The molecule has 2 N–H and O–H groups in total. The van der Waals surface area contributed by atoms with Crippen molar-refractivity contribution in [2.75, 3.05) is 4.72 Å². The van der Waals surface area contributed by atoms with E-state index in [4.69, 9.17) is 0 Å². The maximum atomic E-state index is 12.7. The van der Waals surface area contributed by atoms with Crippen LogP contribution in [0.3, 0.4) is 0 Å². The van der Waals surface area contributed by atoms with Gasteiger partial charge >= 0.3 is 6.18 Å². The highest BCUT2D eigenvalue weighted by molar-refractivity contribution is 7.93. The van der Waals surface area contributed by atoms with Crippen LogP contribution in [0.5, 0.6) is 0 Å². The molecule has 0 radical (unpaired) electrons. The van der Waals surface area contributed by atoms with Crippen molar-refractivity contribution in [1.82, 2.24) is 10.2 Å². The maximum Gasteiger partial charge on any atom is 0.432 e. The zero-order valence-corrected chi connectivity index (χ0v) is 16.2. The molecule has 0 amide bonds. The smallest absolute Gasteiger partial charge is 0.280 e. The summed E-state index contributed by atoms with van der Waals surface area (Å²) in [5, 5.41) is 5.58. The minimum Gasteiger partial charge on any atom is -0.280 e. The Labute approximate surface area is 158 Å². The first-order chi connectivity index (χ1) is 12.5. The molecule has 0 atom stereocenters. The average Bonchev–Trinajstić information content (AvgIpc) is 3.11. The fourth-order valence-corrected chi connectivity index (χ4v) is 5.29. The number of nitrogens with one attached hydrogen (secondary N) is 2. The fourth-order valence-electron chi connectivity index (χ4n) is 2.70. The molecule has 2 aromatic heterocycles. The van der Waals surface area contributed by atoms with Gasteiger partial charge in [-0.1, -0.05) is 6.07 Å². The normalized spacial score (nSPS) is 12.4. The minimum absolute atomic E-state index is 0.0122. The van der Waals surface area contributed by atoms with Gasteiger partial charge in [0.1, 0.15) is 16.3 Å². The molecule has 0 fully saturated rings. The Kier molecular flexibility index (Phi) is 4.81. The summed E-state index contributed by atoms with van der Waals surface area (Å²) in [7, 11) is -3.89. The van der Waals surface area contributed by atoms with Gasteiger partial charge in [0.15, 0.2) is 0 Å². The van der Waals surface area contributed by atoms with Crippen LogP contribution in [0.1, 0.15) is 21.7 Å². The van der Waals surface area contributed by atoms with Crippen molar-refractivity contribution in [2.24, 2.45) is 0 Å². The molecular weight excluding hydrogens is 399 g/mol. The molecular formula is C17H16F3N3O2S2. The van der Waals surface area contributed by atoms with E-state index >= 15 is 0 Å². The first-order valence-corrected chi connectivity index (χ1v) is 10.1. The van der Waals surface area contributed by atoms with E-state index in [-0.39, 0.29) is 10.6 Å². The van der Waals surface area contributed by atoms with Crippen molar-refractivity contribution in [3.63, 3.8) is 0 Å². The lowest BCUT2D eigenvalue weighted by molar-refractivity contribution is -0.141. The summed E-state index contributed by atoms with van der Waals surface area (Å²) < 4.78 is 66.2. The number of aromatic nitrogens is 2. The van der Waals surface area contributed by atoms with E-state index in [9.17, 15) is 21.6 Å². The monoisotopic (exact) mass is 415 g/mol. The van der Waals surface area contributed by atoms with E-state index in [0.717, 1.165) is 28.5 Å². The van der Waals surface area contributed by atoms with Crippen LogP contribution in [-0.4, -0.2) is 18.6 Å². The maximum absolute atomic E-state index is 12.7. The Morgan fingerprint density at radius 1 is 1.04 bits per heavy atom. The highest BCUT2D eigenvalue weighted by Gasteiger charge is 2.33. The van der Waals surface area contributed by atoms with E-state index in [1.807, 2.05) is 25.0 Å². The van der Waals surface area contributed by atoms with E-state index in [1.165, 1.54) is 6.07 Å². The van der Waals surface area contributed by atoms with Crippen LogP contribution in [0.25, 0.3) is 10.6 Å². The molecule has 3 rings (SSSR count). The first-order valence-electron chi connectivity index (χ1n) is 7.80. The zero-order valence-electron chi connectivity index (χ0n) is 14.6. The van der Waals surface area contributed by atoms with Gasteiger partial charge in [-0.3, -0.25) is 9.82 Å². The van der Waals surface area contributed by atoms with Gasteiger partial charge in [-0.05, 0) is 56.2 Å². The molecule has 0 unspecified atom stereocenters. The molecule has 0 saturated carbocycles. The second kappa shape index (κ2) is 6.68. The van der Waals surface area contributed by atoms with Crippen molar-refractivity contribution >= 4 is 27.0 Å². The summed E-state index contributed by atoms with van der Waals surface area (Å²) in [6.07, 6.45) is -4.54. The van der Waals surface area contributed by atoms with Crippen LogP contribution in [0, 0.1) is 20.8 Å². The predicted octanol–water partition coefficient (Wildman–Crippen LogP) is 4.88. The number of thiophene rings is 1. The van der Waals surface area contributed by atoms with Crippen LogP contribution in [0.4, 0.5) is 18.9 Å². The van der Waals surface area contributed by atoms with Gasteiger partial charge in [0.25, 0.3) is 10.0 Å². The zero-order chi connectivity index (χ0) is 20.0. The highest BCUT2D eigenvalue weighted by Crippen LogP contribution is 2.36. The van der Waals surface area contributed by atoms with Crippen molar-refractivity contribution < 1.29 is 21.6 Å². The van der Waals surface area contributed by atoms with Crippen LogP contribution >= 0.6 is 11.3 Å². The lowest BCUT2D eigenvalue weighted by Crippen LogP contribution is -2.13. The number of H-pyrrole nitrogens is 1. The number of halogens is 3. The molecule has 0 bridgehead atoms. The quantitative estimate of drug-likeness (QED) is 0.638. The molecule has 27 heavy (non-hydrogen) atoms. The van der Waals surface area contributed by atoms with Gasteiger partial charge in [-0.15, -0.1) is 11.3 Å².